The Hall–Kier alpha value is -3.20. The lowest BCUT2D eigenvalue weighted by atomic mass is 9.86. The molecule has 1 saturated heterocycles. The molecule has 1 aliphatic rings. The van der Waals surface area contributed by atoms with Crippen LogP contribution in [0.15, 0.2) is 24.8 Å². The highest BCUT2D eigenvalue weighted by molar-refractivity contribution is 6.32. The predicted molar refractivity (Wildman–Crippen MR) is 138 cm³/mol. The fourth-order valence-electron chi connectivity index (χ4n) is 4.77. The highest BCUT2D eigenvalue weighted by Crippen LogP contribution is 2.33. The molecule has 1 fully saturated rings. The normalized spacial score (nSPS) is 18.1. The van der Waals surface area contributed by atoms with E-state index in [1.165, 1.54) is 4.90 Å². The Kier molecular flexibility index (Phi) is 6.96. The molecule has 1 aliphatic heterocycles. The SMILES string of the molecule is C=CC(=O)N1C[C@H](NC(=O)c2c(C)nc(CCc3[nH]nc4cc(Cl)c(C(C)(C)C)cc34)n2C)[C@@H](F)C1. The van der Waals surface area contributed by atoms with E-state index in [-0.39, 0.29) is 24.4 Å². The van der Waals surface area contributed by atoms with Crippen LogP contribution >= 0.6 is 11.6 Å². The first-order valence-electron chi connectivity index (χ1n) is 12.0. The van der Waals surface area contributed by atoms with Gasteiger partial charge in [-0.3, -0.25) is 14.7 Å². The zero-order chi connectivity index (χ0) is 26.4. The van der Waals surface area contributed by atoms with Gasteiger partial charge in [-0.15, -0.1) is 0 Å². The largest absolute Gasteiger partial charge is 0.343 e. The summed E-state index contributed by atoms with van der Waals surface area (Å²) in [4.78, 5) is 30.8. The second-order valence-corrected chi connectivity index (χ2v) is 10.8. The number of hydrogen-bond acceptors (Lipinski definition) is 4. The van der Waals surface area contributed by atoms with Gasteiger partial charge in [0.05, 0.1) is 23.8 Å². The van der Waals surface area contributed by atoms with Crippen LogP contribution in [0.25, 0.3) is 10.9 Å². The monoisotopic (exact) mass is 514 g/mol. The van der Waals surface area contributed by atoms with Crippen molar-refractivity contribution in [3.05, 3.63) is 58.3 Å². The van der Waals surface area contributed by atoms with Gasteiger partial charge in [-0.2, -0.15) is 5.10 Å². The molecule has 0 aliphatic carbocycles. The number of imidazole rings is 1. The minimum Gasteiger partial charge on any atom is -0.343 e. The highest BCUT2D eigenvalue weighted by Gasteiger charge is 2.36. The van der Waals surface area contributed by atoms with Crippen molar-refractivity contribution in [1.29, 1.82) is 0 Å². The zero-order valence-electron chi connectivity index (χ0n) is 21.3. The average Bonchev–Trinajstić information content (AvgIpc) is 3.45. The summed E-state index contributed by atoms with van der Waals surface area (Å²) >= 11 is 6.49. The molecule has 4 rings (SSSR count). The molecule has 0 unspecified atom stereocenters. The molecule has 2 atom stereocenters. The number of aromatic nitrogens is 4. The molecule has 0 spiro atoms. The summed E-state index contributed by atoms with van der Waals surface area (Å²) in [6.07, 6.45) is 1.02. The van der Waals surface area contributed by atoms with E-state index in [0.29, 0.717) is 29.3 Å². The van der Waals surface area contributed by atoms with E-state index in [1.807, 2.05) is 6.07 Å². The molecular weight excluding hydrogens is 483 g/mol. The van der Waals surface area contributed by atoms with Crippen molar-refractivity contribution >= 4 is 34.3 Å². The van der Waals surface area contributed by atoms with Crippen LogP contribution in [0.5, 0.6) is 0 Å². The van der Waals surface area contributed by atoms with Crippen LogP contribution in [0.4, 0.5) is 4.39 Å². The Morgan fingerprint density at radius 2 is 2.03 bits per heavy atom. The van der Waals surface area contributed by atoms with Crippen molar-refractivity contribution in [3.63, 3.8) is 0 Å². The first-order chi connectivity index (χ1) is 16.9. The minimum absolute atomic E-state index is 0.0638. The van der Waals surface area contributed by atoms with Crippen LogP contribution in [0, 0.1) is 6.92 Å². The zero-order valence-corrected chi connectivity index (χ0v) is 22.0. The summed E-state index contributed by atoms with van der Waals surface area (Å²) in [6.45, 7) is 11.6. The molecule has 0 bridgehead atoms. The summed E-state index contributed by atoms with van der Waals surface area (Å²) in [5.41, 5.74) is 3.66. The molecular formula is C26H32ClFN6O2. The van der Waals surface area contributed by atoms with E-state index in [9.17, 15) is 14.0 Å². The van der Waals surface area contributed by atoms with E-state index in [0.717, 1.165) is 34.1 Å². The minimum atomic E-state index is -1.34. The van der Waals surface area contributed by atoms with Gasteiger partial charge in [0.15, 0.2) is 0 Å². The Morgan fingerprint density at radius 3 is 2.69 bits per heavy atom. The van der Waals surface area contributed by atoms with E-state index in [4.69, 9.17) is 11.6 Å². The average molecular weight is 515 g/mol. The number of fused-ring (bicyclic) bond motifs is 1. The topological polar surface area (TPSA) is 95.9 Å². The van der Waals surface area contributed by atoms with Gasteiger partial charge in [-0.25, -0.2) is 9.37 Å². The lowest BCUT2D eigenvalue weighted by molar-refractivity contribution is -0.125. The molecule has 3 aromatic rings. The molecule has 36 heavy (non-hydrogen) atoms. The van der Waals surface area contributed by atoms with Gasteiger partial charge in [-0.05, 0) is 42.5 Å². The van der Waals surface area contributed by atoms with Crippen LogP contribution in [0.3, 0.4) is 0 Å². The molecule has 192 valence electrons. The first-order valence-corrected chi connectivity index (χ1v) is 12.3. The molecule has 2 amide bonds. The van der Waals surface area contributed by atoms with Gasteiger partial charge in [-0.1, -0.05) is 39.0 Å². The van der Waals surface area contributed by atoms with E-state index >= 15 is 0 Å². The van der Waals surface area contributed by atoms with Crippen molar-refractivity contribution < 1.29 is 14.0 Å². The Morgan fingerprint density at radius 1 is 1.31 bits per heavy atom. The number of rotatable bonds is 6. The number of hydrogen-bond donors (Lipinski definition) is 2. The number of benzene rings is 1. The molecule has 0 radical (unpaired) electrons. The van der Waals surface area contributed by atoms with Crippen molar-refractivity contribution in [2.75, 3.05) is 13.1 Å². The lowest BCUT2D eigenvalue weighted by Crippen LogP contribution is -2.42. The smallest absolute Gasteiger partial charge is 0.270 e. The standard InChI is InChI=1S/C26H32ClFN6O2/c1-7-23(35)34-12-18(28)21(13-34)30-25(36)24-14(2)29-22(33(24)6)9-8-19-15-10-16(26(3,4)5)17(27)11-20(15)32-31-19/h7,10-11,18,21H,1,8-9,12-13H2,2-6H3,(H,30,36)(H,31,32)/t18-,21-/m0/s1. The van der Waals surface area contributed by atoms with Crippen LogP contribution in [0.1, 0.15) is 54.0 Å². The molecule has 10 heteroatoms. The van der Waals surface area contributed by atoms with Crippen LogP contribution < -0.4 is 5.32 Å². The van der Waals surface area contributed by atoms with E-state index in [2.05, 4.69) is 53.9 Å². The van der Waals surface area contributed by atoms with Crippen LogP contribution in [0.2, 0.25) is 5.02 Å². The molecule has 2 N–H and O–H groups in total. The summed E-state index contributed by atoms with van der Waals surface area (Å²) in [5.74, 6) is -0.0283. The Balaban J connectivity index is 1.50. The number of halogens is 2. The van der Waals surface area contributed by atoms with E-state index < -0.39 is 18.1 Å². The maximum absolute atomic E-state index is 14.5. The lowest BCUT2D eigenvalue weighted by Gasteiger charge is -2.20. The molecule has 2 aromatic heterocycles. The number of nitrogens with zero attached hydrogens (tertiary/aromatic N) is 4. The number of aromatic amines is 1. The number of carbonyl (C=O) groups excluding carboxylic acids is 2. The van der Waals surface area contributed by atoms with Gasteiger partial charge in [0.2, 0.25) is 5.91 Å². The summed E-state index contributed by atoms with van der Waals surface area (Å²) in [7, 11) is 1.78. The molecule has 8 nitrogen and oxygen atoms in total. The maximum Gasteiger partial charge on any atom is 0.270 e. The van der Waals surface area contributed by atoms with Crippen molar-refractivity contribution in [2.45, 2.75) is 58.2 Å². The van der Waals surface area contributed by atoms with E-state index in [1.54, 1.807) is 18.5 Å². The fraction of sp³-hybridized carbons (Fsp3) is 0.462. The van der Waals surface area contributed by atoms with Crippen molar-refractivity contribution in [2.24, 2.45) is 7.05 Å². The Labute approximate surface area is 214 Å². The number of nitrogens with one attached hydrogen (secondary N) is 2. The predicted octanol–water partition coefficient (Wildman–Crippen LogP) is 3.81. The Bertz CT molecular complexity index is 1340. The third-order valence-corrected chi connectivity index (χ3v) is 7.07. The molecule has 1 aromatic carbocycles. The number of aryl methyl sites for hydroxylation is 3. The van der Waals surface area contributed by atoms with Crippen molar-refractivity contribution in [3.8, 4) is 0 Å². The molecule has 3 heterocycles. The third-order valence-electron chi connectivity index (χ3n) is 6.76. The van der Waals surface area contributed by atoms with Crippen LogP contribution in [-0.4, -0.2) is 61.8 Å². The quantitative estimate of drug-likeness (QED) is 0.489. The van der Waals surface area contributed by atoms with Crippen LogP contribution in [-0.2, 0) is 30.1 Å². The number of likely N-dealkylation sites (tertiary alicyclic amines) is 1. The fourth-order valence-corrected chi connectivity index (χ4v) is 5.21. The maximum atomic E-state index is 14.5. The van der Waals surface area contributed by atoms with Gasteiger partial charge < -0.3 is 14.8 Å². The summed E-state index contributed by atoms with van der Waals surface area (Å²) in [5, 5.41) is 12.0. The number of H-pyrrole nitrogens is 1. The van der Waals surface area contributed by atoms with Gasteiger partial charge in [0, 0.05) is 36.1 Å². The third kappa shape index (κ3) is 4.89. The van der Waals surface area contributed by atoms with Gasteiger partial charge >= 0.3 is 0 Å². The second kappa shape index (κ2) is 9.69. The number of alkyl halides is 1. The number of amides is 2. The summed E-state index contributed by atoms with van der Waals surface area (Å²) in [6, 6.07) is 3.20. The highest BCUT2D eigenvalue weighted by atomic mass is 35.5. The number of carbonyl (C=O) groups is 2. The van der Waals surface area contributed by atoms with Gasteiger partial charge in [0.25, 0.3) is 5.91 Å². The molecule has 0 saturated carbocycles. The summed E-state index contributed by atoms with van der Waals surface area (Å²) < 4.78 is 16.2. The van der Waals surface area contributed by atoms with Crippen molar-refractivity contribution in [1.82, 2.24) is 30.0 Å². The first kappa shape index (κ1) is 25.9. The van der Waals surface area contributed by atoms with Gasteiger partial charge in [0.1, 0.15) is 17.7 Å². The second-order valence-electron chi connectivity index (χ2n) is 10.4.